The lowest BCUT2D eigenvalue weighted by Crippen LogP contribution is -2.39. The van der Waals surface area contributed by atoms with Gasteiger partial charge in [-0.05, 0) is 52.1 Å². The SMILES string of the molecule is CC(C)(CC1CCN(CC2CS2)CC1)OC(N)=O. The van der Waals surface area contributed by atoms with E-state index in [2.05, 4.69) is 16.7 Å². The van der Waals surface area contributed by atoms with Gasteiger partial charge in [-0.25, -0.2) is 4.79 Å². The highest BCUT2D eigenvalue weighted by atomic mass is 32.2. The molecule has 0 aromatic carbocycles. The monoisotopic (exact) mass is 272 g/mol. The Kier molecular flexibility index (Phi) is 4.43. The summed E-state index contributed by atoms with van der Waals surface area (Å²) in [4.78, 5) is 13.4. The number of nitrogens with zero attached hydrogens (tertiary/aromatic N) is 1. The Balaban J connectivity index is 1.70. The van der Waals surface area contributed by atoms with Gasteiger partial charge >= 0.3 is 6.09 Å². The highest BCUT2D eigenvalue weighted by Crippen LogP contribution is 2.33. The summed E-state index contributed by atoms with van der Waals surface area (Å²) < 4.78 is 5.16. The Morgan fingerprint density at radius 2 is 2.06 bits per heavy atom. The molecule has 1 amide bonds. The molecular weight excluding hydrogens is 248 g/mol. The van der Waals surface area contributed by atoms with Gasteiger partial charge in [0.2, 0.25) is 0 Å². The first kappa shape index (κ1) is 14.0. The summed E-state index contributed by atoms with van der Waals surface area (Å²) in [7, 11) is 0. The normalized spacial score (nSPS) is 26.0. The summed E-state index contributed by atoms with van der Waals surface area (Å²) in [5.41, 5.74) is 4.67. The molecule has 1 unspecified atom stereocenters. The topological polar surface area (TPSA) is 55.6 Å². The van der Waals surface area contributed by atoms with Crippen LogP contribution in [0.3, 0.4) is 0 Å². The van der Waals surface area contributed by atoms with Crippen molar-refractivity contribution in [1.82, 2.24) is 4.90 Å². The van der Waals surface area contributed by atoms with Crippen molar-refractivity contribution >= 4 is 17.9 Å². The lowest BCUT2D eigenvalue weighted by Gasteiger charge is -2.35. The number of hydrogen-bond donors (Lipinski definition) is 1. The second kappa shape index (κ2) is 5.70. The van der Waals surface area contributed by atoms with E-state index in [1.807, 2.05) is 13.8 Å². The van der Waals surface area contributed by atoms with E-state index >= 15 is 0 Å². The van der Waals surface area contributed by atoms with Crippen LogP contribution in [-0.2, 0) is 4.74 Å². The average molecular weight is 272 g/mol. The van der Waals surface area contributed by atoms with Crippen molar-refractivity contribution < 1.29 is 9.53 Å². The first-order chi connectivity index (χ1) is 8.44. The number of carbonyl (C=O) groups excluding carboxylic acids is 1. The molecule has 0 aliphatic carbocycles. The van der Waals surface area contributed by atoms with Gasteiger partial charge < -0.3 is 15.4 Å². The lowest BCUT2D eigenvalue weighted by molar-refractivity contribution is 0.0173. The minimum atomic E-state index is -0.664. The van der Waals surface area contributed by atoms with Gasteiger partial charge in [-0.2, -0.15) is 11.8 Å². The molecular formula is C13H24N2O2S. The summed E-state index contributed by atoms with van der Waals surface area (Å²) in [5, 5.41) is 0.899. The second-order valence-electron chi connectivity index (χ2n) is 6.08. The molecule has 2 heterocycles. The van der Waals surface area contributed by atoms with Crippen LogP contribution in [0.5, 0.6) is 0 Å². The largest absolute Gasteiger partial charge is 0.444 e. The van der Waals surface area contributed by atoms with Gasteiger partial charge in [0.25, 0.3) is 0 Å². The van der Waals surface area contributed by atoms with E-state index in [4.69, 9.17) is 10.5 Å². The number of thioether (sulfide) groups is 1. The molecule has 0 radical (unpaired) electrons. The van der Waals surface area contributed by atoms with Crippen molar-refractivity contribution in [1.29, 1.82) is 0 Å². The summed E-state index contributed by atoms with van der Waals surface area (Å²) >= 11 is 2.07. The molecule has 4 nitrogen and oxygen atoms in total. The molecule has 1 atom stereocenters. The van der Waals surface area contributed by atoms with Crippen LogP contribution in [0, 0.1) is 5.92 Å². The highest BCUT2D eigenvalue weighted by molar-refractivity contribution is 8.06. The van der Waals surface area contributed by atoms with E-state index < -0.39 is 11.7 Å². The Labute approximate surface area is 114 Å². The van der Waals surface area contributed by atoms with E-state index in [-0.39, 0.29) is 0 Å². The molecule has 2 fully saturated rings. The van der Waals surface area contributed by atoms with Crippen LogP contribution in [0.2, 0.25) is 0 Å². The molecule has 2 N–H and O–H groups in total. The molecule has 0 spiro atoms. The number of ether oxygens (including phenoxy) is 1. The van der Waals surface area contributed by atoms with Crippen molar-refractivity contribution in [2.24, 2.45) is 11.7 Å². The van der Waals surface area contributed by atoms with Crippen LogP contribution < -0.4 is 5.73 Å². The fourth-order valence-corrected chi connectivity index (χ4v) is 3.40. The van der Waals surface area contributed by atoms with Crippen LogP contribution in [0.15, 0.2) is 0 Å². The van der Waals surface area contributed by atoms with Crippen molar-refractivity contribution in [3.8, 4) is 0 Å². The van der Waals surface area contributed by atoms with Gasteiger partial charge in [0.1, 0.15) is 5.60 Å². The van der Waals surface area contributed by atoms with Gasteiger partial charge in [0.15, 0.2) is 0 Å². The molecule has 0 saturated carbocycles. The van der Waals surface area contributed by atoms with Gasteiger partial charge in [-0.15, -0.1) is 0 Å². The van der Waals surface area contributed by atoms with Gasteiger partial charge in [-0.3, -0.25) is 0 Å². The number of hydrogen-bond acceptors (Lipinski definition) is 4. The zero-order chi connectivity index (χ0) is 13.2. The molecule has 5 heteroatoms. The third-order valence-corrected chi connectivity index (χ3v) is 4.68. The standard InChI is InChI=1S/C13H24N2O2S/c1-13(2,17-12(14)16)7-10-3-5-15(6-4-10)8-11-9-18-11/h10-11H,3-9H2,1-2H3,(H2,14,16). The Morgan fingerprint density at radius 1 is 1.44 bits per heavy atom. The smallest absolute Gasteiger partial charge is 0.405 e. The zero-order valence-corrected chi connectivity index (χ0v) is 12.2. The average Bonchev–Trinajstić information content (AvgIpc) is 3.02. The van der Waals surface area contributed by atoms with Crippen LogP contribution in [-0.4, -0.2) is 47.2 Å². The number of nitrogens with two attached hydrogens (primary N) is 1. The summed E-state index contributed by atoms with van der Waals surface area (Å²) in [6.45, 7) is 7.54. The quantitative estimate of drug-likeness (QED) is 0.779. The van der Waals surface area contributed by atoms with Crippen LogP contribution in [0.4, 0.5) is 4.79 Å². The van der Waals surface area contributed by atoms with E-state index in [0.717, 1.165) is 11.7 Å². The van der Waals surface area contributed by atoms with Crippen molar-refractivity contribution in [2.75, 3.05) is 25.4 Å². The minimum Gasteiger partial charge on any atom is -0.444 e. The van der Waals surface area contributed by atoms with Gasteiger partial charge in [0.05, 0.1) is 0 Å². The van der Waals surface area contributed by atoms with E-state index in [9.17, 15) is 4.79 Å². The lowest BCUT2D eigenvalue weighted by atomic mass is 9.86. The van der Waals surface area contributed by atoms with Crippen molar-refractivity contribution in [3.05, 3.63) is 0 Å². The van der Waals surface area contributed by atoms with Crippen LogP contribution >= 0.6 is 11.8 Å². The number of amides is 1. The Hall–Kier alpha value is -0.420. The van der Waals surface area contributed by atoms with Gasteiger partial charge in [0, 0.05) is 17.5 Å². The fourth-order valence-electron chi connectivity index (χ4n) is 2.84. The van der Waals surface area contributed by atoms with E-state index in [1.165, 1.54) is 38.2 Å². The predicted octanol–water partition coefficient (Wildman–Crippen LogP) is 2.08. The molecule has 2 saturated heterocycles. The molecule has 0 bridgehead atoms. The number of carbonyl (C=O) groups is 1. The van der Waals surface area contributed by atoms with Gasteiger partial charge in [-0.1, -0.05) is 0 Å². The fraction of sp³-hybridized carbons (Fsp3) is 0.923. The molecule has 0 aromatic rings. The summed E-state index contributed by atoms with van der Waals surface area (Å²) in [6.07, 6.45) is 2.68. The maximum absolute atomic E-state index is 10.8. The number of likely N-dealkylation sites (tertiary alicyclic amines) is 1. The number of piperidine rings is 1. The van der Waals surface area contributed by atoms with E-state index in [0.29, 0.717) is 5.92 Å². The maximum atomic E-state index is 10.8. The number of primary amides is 1. The van der Waals surface area contributed by atoms with E-state index in [1.54, 1.807) is 0 Å². The van der Waals surface area contributed by atoms with Crippen molar-refractivity contribution in [2.45, 2.75) is 44.0 Å². The maximum Gasteiger partial charge on any atom is 0.405 e. The predicted molar refractivity (Wildman–Crippen MR) is 74.8 cm³/mol. The molecule has 2 rings (SSSR count). The molecule has 18 heavy (non-hydrogen) atoms. The molecule has 0 aromatic heterocycles. The first-order valence-electron chi connectivity index (χ1n) is 6.77. The Morgan fingerprint density at radius 3 is 2.56 bits per heavy atom. The zero-order valence-electron chi connectivity index (χ0n) is 11.4. The summed E-state index contributed by atoms with van der Waals surface area (Å²) in [6, 6.07) is 0. The third-order valence-electron chi connectivity index (χ3n) is 3.73. The van der Waals surface area contributed by atoms with Crippen molar-refractivity contribution in [3.63, 3.8) is 0 Å². The number of rotatable bonds is 5. The molecule has 2 aliphatic heterocycles. The van der Waals surface area contributed by atoms with Crippen LogP contribution in [0.25, 0.3) is 0 Å². The second-order valence-corrected chi connectivity index (χ2v) is 7.42. The van der Waals surface area contributed by atoms with Crippen LogP contribution in [0.1, 0.15) is 33.1 Å². The minimum absolute atomic E-state index is 0.426. The Bertz CT molecular complexity index is 297. The third kappa shape index (κ3) is 4.69. The first-order valence-corrected chi connectivity index (χ1v) is 7.82. The summed E-state index contributed by atoms with van der Waals surface area (Å²) in [5.74, 6) is 2.00. The molecule has 2 aliphatic rings. The molecule has 104 valence electrons. The highest BCUT2D eigenvalue weighted by Gasteiger charge is 2.31.